The summed E-state index contributed by atoms with van der Waals surface area (Å²) in [6, 6.07) is 17.6. The fraction of sp³-hybridized carbons (Fsp3) is 0.553. The zero-order chi connectivity index (χ0) is 34.2. The largest absolute Gasteiger partial charge is 0.445 e. The molecule has 0 unspecified atom stereocenters. The Morgan fingerprint density at radius 2 is 1.47 bits per heavy atom. The smallest absolute Gasteiger partial charge is 0.407 e. The minimum absolute atomic E-state index is 0.0484. The van der Waals surface area contributed by atoms with Crippen molar-refractivity contribution in [1.82, 2.24) is 16.0 Å². The van der Waals surface area contributed by atoms with Crippen molar-refractivity contribution in [2.75, 3.05) is 6.54 Å². The van der Waals surface area contributed by atoms with Crippen molar-refractivity contribution in [1.29, 1.82) is 0 Å². The standard InChI is InChI=1S/C38H55N3O6/c1-26(2)24-39-36(44)27(3)20-34(42)32(22-29-14-8-5-9-15-29)40-37(45)28(4)21-35(43)33(23-30-16-10-6-11-17-30)41-38(46)47-25-31-18-12-7-13-19-31/h6-7,10-13,16-19,26,28-29,32-35,42-43H,3,5,8-9,14-15,20-25H2,1-2,4H3,(H,39,44)(H,40,45)(H,41,46)/t28-,32+,33+,34+,35-/m1/s1. The molecule has 9 heteroatoms. The molecule has 0 aliphatic heterocycles. The second-order valence-electron chi connectivity index (χ2n) is 13.5. The van der Waals surface area contributed by atoms with Crippen LogP contribution in [-0.4, -0.2) is 59.0 Å². The molecular weight excluding hydrogens is 594 g/mol. The van der Waals surface area contributed by atoms with E-state index >= 15 is 0 Å². The van der Waals surface area contributed by atoms with Crippen LogP contribution in [-0.2, 0) is 27.4 Å². The van der Waals surface area contributed by atoms with E-state index in [1.807, 2.05) is 74.5 Å². The van der Waals surface area contributed by atoms with Gasteiger partial charge >= 0.3 is 6.09 Å². The first-order valence-electron chi connectivity index (χ1n) is 17.1. The predicted molar refractivity (Wildman–Crippen MR) is 184 cm³/mol. The fourth-order valence-corrected chi connectivity index (χ4v) is 6.03. The number of aliphatic hydroxyl groups excluding tert-OH is 2. The Morgan fingerprint density at radius 1 is 0.851 bits per heavy atom. The van der Waals surface area contributed by atoms with E-state index in [0.29, 0.717) is 25.3 Å². The molecule has 3 amide bonds. The maximum atomic E-state index is 13.5. The molecule has 47 heavy (non-hydrogen) atoms. The summed E-state index contributed by atoms with van der Waals surface area (Å²) in [5, 5.41) is 31.3. The van der Waals surface area contributed by atoms with E-state index in [1.54, 1.807) is 6.92 Å². The minimum atomic E-state index is -1.05. The van der Waals surface area contributed by atoms with Gasteiger partial charge in [-0.05, 0) is 42.2 Å². The highest BCUT2D eigenvalue weighted by Gasteiger charge is 2.31. The summed E-state index contributed by atoms with van der Waals surface area (Å²) in [5.74, 6) is -0.563. The maximum absolute atomic E-state index is 13.5. The second kappa shape index (κ2) is 19.9. The summed E-state index contributed by atoms with van der Waals surface area (Å²) in [5.41, 5.74) is 2.04. The molecule has 0 bridgehead atoms. The molecule has 0 spiro atoms. The van der Waals surface area contributed by atoms with Crippen molar-refractivity contribution in [2.45, 2.75) is 109 Å². The highest BCUT2D eigenvalue weighted by molar-refractivity contribution is 5.92. The lowest BCUT2D eigenvalue weighted by Gasteiger charge is -2.32. The number of aliphatic hydroxyl groups is 2. The van der Waals surface area contributed by atoms with Gasteiger partial charge in [-0.25, -0.2) is 4.79 Å². The Kier molecular flexibility index (Phi) is 16.0. The average molecular weight is 650 g/mol. The van der Waals surface area contributed by atoms with Gasteiger partial charge < -0.3 is 30.9 Å². The molecule has 0 heterocycles. The van der Waals surface area contributed by atoms with Crippen LogP contribution in [0.25, 0.3) is 0 Å². The Hall–Kier alpha value is -3.69. The molecule has 3 rings (SSSR count). The number of hydrogen-bond acceptors (Lipinski definition) is 6. The molecule has 1 aliphatic rings. The van der Waals surface area contributed by atoms with Crippen molar-refractivity contribution in [2.24, 2.45) is 17.8 Å². The van der Waals surface area contributed by atoms with Crippen molar-refractivity contribution in [3.8, 4) is 0 Å². The minimum Gasteiger partial charge on any atom is -0.445 e. The fourth-order valence-electron chi connectivity index (χ4n) is 6.03. The summed E-state index contributed by atoms with van der Waals surface area (Å²) in [6.07, 6.45) is 3.91. The van der Waals surface area contributed by atoms with E-state index in [-0.39, 0.29) is 42.8 Å². The predicted octanol–water partition coefficient (Wildman–Crippen LogP) is 5.45. The number of nitrogens with one attached hydrogen (secondary N) is 3. The first-order valence-corrected chi connectivity index (χ1v) is 17.1. The molecule has 1 fully saturated rings. The van der Waals surface area contributed by atoms with E-state index in [9.17, 15) is 24.6 Å². The van der Waals surface area contributed by atoms with Gasteiger partial charge in [-0.3, -0.25) is 9.59 Å². The quantitative estimate of drug-likeness (QED) is 0.136. The van der Waals surface area contributed by atoms with Crippen LogP contribution in [0, 0.1) is 17.8 Å². The lowest BCUT2D eigenvalue weighted by molar-refractivity contribution is -0.127. The molecule has 0 aromatic heterocycles. The Balaban J connectivity index is 1.64. The lowest BCUT2D eigenvalue weighted by atomic mass is 9.82. The Bertz CT molecular complexity index is 1250. The van der Waals surface area contributed by atoms with Crippen molar-refractivity contribution in [3.63, 3.8) is 0 Å². The number of ether oxygens (including phenoxy) is 1. The summed E-state index contributed by atoms with van der Waals surface area (Å²) in [7, 11) is 0. The normalized spacial score (nSPS) is 16.7. The summed E-state index contributed by atoms with van der Waals surface area (Å²) in [6.45, 7) is 10.2. The number of carbonyl (C=O) groups excluding carboxylic acids is 3. The average Bonchev–Trinajstić information content (AvgIpc) is 3.06. The second-order valence-corrected chi connectivity index (χ2v) is 13.5. The van der Waals surface area contributed by atoms with Crippen LogP contribution in [0.2, 0.25) is 0 Å². The first kappa shape index (κ1) is 37.8. The van der Waals surface area contributed by atoms with Gasteiger partial charge in [-0.15, -0.1) is 0 Å². The van der Waals surface area contributed by atoms with E-state index in [1.165, 1.54) is 6.42 Å². The summed E-state index contributed by atoms with van der Waals surface area (Å²) < 4.78 is 5.42. The third-order valence-electron chi connectivity index (χ3n) is 8.87. The number of amides is 3. The molecule has 9 nitrogen and oxygen atoms in total. The zero-order valence-corrected chi connectivity index (χ0v) is 28.3. The molecule has 1 saturated carbocycles. The molecule has 5 N–H and O–H groups in total. The maximum Gasteiger partial charge on any atom is 0.407 e. The van der Waals surface area contributed by atoms with Crippen LogP contribution in [0.15, 0.2) is 72.8 Å². The van der Waals surface area contributed by atoms with Crippen molar-refractivity contribution < 1.29 is 29.3 Å². The highest BCUT2D eigenvalue weighted by Crippen LogP contribution is 2.29. The van der Waals surface area contributed by atoms with Crippen LogP contribution in [0.4, 0.5) is 4.79 Å². The zero-order valence-electron chi connectivity index (χ0n) is 28.3. The van der Waals surface area contributed by atoms with Gasteiger partial charge in [0.1, 0.15) is 6.61 Å². The van der Waals surface area contributed by atoms with Gasteiger partial charge in [0.15, 0.2) is 0 Å². The van der Waals surface area contributed by atoms with Crippen LogP contribution in [0.3, 0.4) is 0 Å². The third kappa shape index (κ3) is 13.9. The van der Waals surface area contributed by atoms with Crippen LogP contribution in [0.5, 0.6) is 0 Å². The molecule has 5 atom stereocenters. The summed E-state index contributed by atoms with van der Waals surface area (Å²) in [4.78, 5) is 38.9. The number of hydrogen-bond donors (Lipinski definition) is 5. The van der Waals surface area contributed by atoms with Crippen LogP contribution >= 0.6 is 0 Å². The Morgan fingerprint density at radius 3 is 2.09 bits per heavy atom. The van der Waals surface area contributed by atoms with Crippen LogP contribution in [0.1, 0.15) is 83.3 Å². The monoisotopic (exact) mass is 649 g/mol. The lowest BCUT2D eigenvalue weighted by Crippen LogP contribution is -2.49. The first-order chi connectivity index (χ1) is 22.5. The van der Waals surface area contributed by atoms with Gasteiger partial charge in [0.25, 0.3) is 0 Å². The van der Waals surface area contributed by atoms with Gasteiger partial charge in [0.2, 0.25) is 11.8 Å². The van der Waals surface area contributed by atoms with Gasteiger partial charge in [-0.1, -0.05) is 120 Å². The molecule has 0 saturated heterocycles. The number of rotatable bonds is 18. The molecule has 0 radical (unpaired) electrons. The summed E-state index contributed by atoms with van der Waals surface area (Å²) >= 11 is 0. The van der Waals surface area contributed by atoms with Crippen LogP contribution < -0.4 is 16.0 Å². The van der Waals surface area contributed by atoms with Gasteiger partial charge in [0.05, 0.1) is 24.3 Å². The van der Waals surface area contributed by atoms with E-state index in [4.69, 9.17) is 4.74 Å². The molecule has 1 aliphatic carbocycles. The topological polar surface area (TPSA) is 137 Å². The number of carbonyl (C=O) groups is 3. The van der Waals surface area contributed by atoms with Gasteiger partial charge in [-0.2, -0.15) is 0 Å². The van der Waals surface area contributed by atoms with E-state index in [0.717, 1.165) is 36.8 Å². The molecule has 2 aromatic rings. The van der Waals surface area contributed by atoms with Crippen molar-refractivity contribution in [3.05, 3.63) is 83.9 Å². The van der Waals surface area contributed by atoms with E-state index in [2.05, 4.69) is 22.5 Å². The molecule has 258 valence electrons. The Labute approximate surface area is 280 Å². The van der Waals surface area contributed by atoms with E-state index < -0.39 is 36.3 Å². The number of alkyl carbamates (subject to hydrolysis) is 1. The SMILES string of the molecule is C=C(C[C@H](O)[C@H](CC1CCCCC1)NC(=O)[C@H](C)C[C@@H](O)[C@H](Cc1ccccc1)NC(=O)OCc1ccccc1)C(=O)NCC(C)C. The molecule has 2 aromatic carbocycles. The van der Waals surface area contributed by atoms with Gasteiger partial charge in [0, 0.05) is 24.5 Å². The third-order valence-corrected chi connectivity index (χ3v) is 8.87. The molecular formula is C38H55N3O6. The number of benzene rings is 2. The highest BCUT2D eigenvalue weighted by atomic mass is 16.5. The van der Waals surface area contributed by atoms with Crippen molar-refractivity contribution >= 4 is 17.9 Å².